The molecule has 0 saturated carbocycles. The van der Waals surface area contributed by atoms with Crippen molar-refractivity contribution in [2.24, 2.45) is 0 Å². The van der Waals surface area contributed by atoms with Crippen molar-refractivity contribution < 1.29 is 4.92 Å². The zero-order valence-corrected chi connectivity index (χ0v) is 14.9. The van der Waals surface area contributed by atoms with E-state index >= 15 is 0 Å². The van der Waals surface area contributed by atoms with E-state index in [0.29, 0.717) is 12.4 Å². The molecule has 2 aromatic heterocycles. The summed E-state index contributed by atoms with van der Waals surface area (Å²) in [4.78, 5) is 26.5. The van der Waals surface area contributed by atoms with Gasteiger partial charge in [0.1, 0.15) is 12.7 Å². The van der Waals surface area contributed by atoms with E-state index in [2.05, 4.69) is 21.0 Å². The van der Waals surface area contributed by atoms with Gasteiger partial charge in [-0.2, -0.15) is 0 Å². The van der Waals surface area contributed by atoms with Gasteiger partial charge >= 0.3 is 5.69 Å². The zero-order valence-electron chi connectivity index (χ0n) is 14.9. The average molecular weight is 372 g/mol. The maximum Gasteiger partial charge on any atom is 0.354 e. The first-order chi connectivity index (χ1) is 13.7. The highest BCUT2D eigenvalue weighted by atomic mass is 16.6. The molecule has 0 unspecified atom stereocenters. The minimum absolute atomic E-state index is 0.123. The molecule has 0 amide bonds. The Morgan fingerprint density at radius 3 is 2.64 bits per heavy atom. The van der Waals surface area contributed by atoms with Crippen LogP contribution in [0.1, 0.15) is 12.0 Å². The highest BCUT2D eigenvalue weighted by Crippen LogP contribution is 2.39. The van der Waals surface area contributed by atoms with Crippen LogP contribution in [0.3, 0.4) is 0 Å². The number of benzene rings is 2. The third kappa shape index (κ3) is 2.50. The minimum atomic E-state index is -0.406. The van der Waals surface area contributed by atoms with Crippen LogP contribution in [0.5, 0.6) is 0 Å². The van der Waals surface area contributed by atoms with Crippen LogP contribution >= 0.6 is 0 Å². The normalized spacial score (nSPS) is 13.5. The molecular formula is C20H16N6O2. The first-order valence-electron chi connectivity index (χ1n) is 9.01. The van der Waals surface area contributed by atoms with E-state index in [4.69, 9.17) is 0 Å². The summed E-state index contributed by atoms with van der Waals surface area (Å²) in [6, 6.07) is 15.4. The van der Waals surface area contributed by atoms with Crippen LogP contribution in [0.4, 0.5) is 17.2 Å². The van der Waals surface area contributed by atoms with Gasteiger partial charge in [0.25, 0.3) is 0 Å². The molecule has 1 aliphatic rings. The second kappa shape index (κ2) is 6.41. The lowest BCUT2D eigenvalue weighted by molar-refractivity contribution is -0.384. The molecule has 8 heteroatoms. The van der Waals surface area contributed by atoms with Crippen molar-refractivity contribution in [2.75, 3.05) is 11.4 Å². The maximum absolute atomic E-state index is 12.1. The van der Waals surface area contributed by atoms with Gasteiger partial charge in [0, 0.05) is 12.2 Å². The Morgan fingerprint density at radius 2 is 1.75 bits per heavy atom. The van der Waals surface area contributed by atoms with Crippen molar-refractivity contribution in [2.45, 2.75) is 12.8 Å². The summed E-state index contributed by atoms with van der Waals surface area (Å²) in [5, 5.41) is 12.1. The van der Waals surface area contributed by atoms with Crippen molar-refractivity contribution in [1.82, 2.24) is 19.5 Å². The number of hydrogen-bond acceptors (Lipinski definition) is 6. The van der Waals surface area contributed by atoms with E-state index in [-0.39, 0.29) is 11.5 Å². The molecule has 0 atom stereocenters. The van der Waals surface area contributed by atoms with Gasteiger partial charge in [0.2, 0.25) is 11.6 Å². The number of rotatable bonds is 3. The molecule has 1 aliphatic heterocycles. The number of aromatic nitrogens is 4. The Bertz CT molecular complexity index is 1200. The number of anilines is 2. The van der Waals surface area contributed by atoms with Crippen LogP contribution in [0, 0.1) is 10.1 Å². The summed E-state index contributed by atoms with van der Waals surface area (Å²) in [7, 11) is 0. The first-order valence-corrected chi connectivity index (χ1v) is 9.01. The zero-order chi connectivity index (χ0) is 19.1. The molecule has 0 saturated heterocycles. The van der Waals surface area contributed by atoms with Crippen LogP contribution in [0.15, 0.2) is 61.2 Å². The topological polar surface area (TPSA) is 90.0 Å². The number of nitrogens with zero attached hydrogens (tertiary/aromatic N) is 6. The lowest BCUT2D eigenvalue weighted by atomic mass is 10.0. The molecule has 2 aromatic carbocycles. The predicted molar refractivity (Wildman–Crippen MR) is 105 cm³/mol. The number of fused-ring (bicyclic) bond motifs is 2. The largest absolute Gasteiger partial charge is 0.354 e. The maximum atomic E-state index is 12.1. The van der Waals surface area contributed by atoms with E-state index in [9.17, 15) is 10.1 Å². The first kappa shape index (κ1) is 16.4. The van der Waals surface area contributed by atoms with Gasteiger partial charge in [-0.05, 0) is 36.6 Å². The van der Waals surface area contributed by atoms with E-state index < -0.39 is 4.92 Å². The fourth-order valence-corrected chi connectivity index (χ4v) is 3.78. The summed E-state index contributed by atoms with van der Waals surface area (Å²) >= 11 is 0. The van der Waals surface area contributed by atoms with Crippen molar-refractivity contribution in [3.05, 3.63) is 76.9 Å². The van der Waals surface area contributed by atoms with E-state index in [0.717, 1.165) is 35.1 Å². The number of nitro groups is 1. The molecule has 0 N–H and O–H groups in total. The highest BCUT2D eigenvalue weighted by Gasteiger charge is 2.31. The van der Waals surface area contributed by atoms with Crippen molar-refractivity contribution in [3.8, 4) is 5.82 Å². The smallest absolute Gasteiger partial charge is 0.320 e. The van der Waals surface area contributed by atoms with Gasteiger partial charge < -0.3 is 4.90 Å². The average Bonchev–Trinajstić information content (AvgIpc) is 3.17. The van der Waals surface area contributed by atoms with Gasteiger partial charge in [-0.25, -0.2) is 15.0 Å². The Labute approximate surface area is 160 Å². The van der Waals surface area contributed by atoms with Crippen LogP contribution in [0.25, 0.3) is 16.9 Å². The SMILES string of the molecule is O=[N+]([O-])c1c(N2CCCc3ccccc32)ncnc1-n1cnc2ccccc21. The van der Waals surface area contributed by atoms with Gasteiger partial charge in [0.15, 0.2) is 0 Å². The molecule has 138 valence electrons. The molecule has 5 rings (SSSR count). The lowest BCUT2D eigenvalue weighted by Crippen LogP contribution is -2.26. The molecular weight excluding hydrogens is 356 g/mol. The van der Waals surface area contributed by atoms with E-state index in [1.165, 1.54) is 6.33 Å². The Balaban J connectivity index is 1.74. The van der Waals surface area contributed by atoms with Gasteiger partial charge in [-0.15, -0.1) is 0 Å². The molecule has 8 nitrogen and oxygen atoms in total. The summed E-state index contributed by atoms with van der Waals surface area (Å²) in [5.41, 5.74) is 3.50. The van der Waals surface area contributed by atoms with Crippen LogP contribution in [-0.2, 0) is 6.42 Å². The van der Waals surface area contributed by atoms with E-state index in [1.807, 2.05) is 47.4 Å². The number of hydrogen-bond donors (Lipinski definition) is 0. The fraction of sp³-hybridized carbons (Fsp3) is 0.150. The summed E-state index contributed by atoms with van der Waals surface area (Å²) < 4.78 is 1.65. The van der Waals surface area contributed by atoms with Crippen molar-refractivity contribution in [3.63, 3.8) is 0 Å². The summed E-state index contributed by atoms with van der Waals surface area (Å²) in [6.07, 6.45) is 4.80. The lowest BCUT2D eigenvalue weighted by Gasteiger charge is -2.30. The third-order valence-electron chi connectivity index (χ3n) is 5.01. The van der Waals surface area contributed by atoms with Crippen molar-refractivity contribution in [1.29, 1.82) is 0 Å². The predicted octanol–water partition coefficient (Wildman–Crippen LogP) is 3.81. The van der Waals surface area contributed by atoms with Crippen LogP contribution in [0.2, 0.25) is 0 Å². The van der Waals surface area contributed by atoms with Crippen LogP contribution in [-0.4, -0.2) is 31.0 Å². The Kier molecular flexibility index (Phi) is 3.75. The minimum Gasteiger partial charge on any atom is -0.320 e. The highest BCUT2D eigenvalue weighted by molar-refractivity contribution is 5.80. The van der Waals surface area contributed by atoms with Crippen molar-refractivity contribution >= 4 is 28.2 Å². The number of imidazole rings is 1. The molecule has 0 fully saturated rings. The molecule has 0 radical (unpaired) electrons. The molecule has 0 spiro atoms. The van der Waals surface area contributed by atoms with Gasteiger partial charge in [-0.1, -0.05) is 30.3 Å². The van der Waals surface area contributed by atoms with Crippen LogP contribution < -0.4 is 4.90 Å². The Hall–Kier alpha value is -3.81. The quantitative estimate of drug-likeness (QED) is 0.401. The van der Waals surface area contributed by atoms with Gasteiger partial charge in [-0.3, -0.25) is 14.7 Å². The molecule has 28 heavy (non-hydrogen) atoms. The number of aryl methyl sites for hydroxylation is 1. The molecule has 4 aromatic rings. The monoisotopic (exact) mass is 372 g/mol. The second-order valence-corrected chi connectivity index (χ2v) is 6.61. The third-order valence-corrected chi connectivity index (χ3v) is 5.01. The molecule has 3 heterocycles. The molecule has 0 aliphatic carbocycles. The second-order valence-electron chi connectivity index (χ2n) is 6.61. The molecule has 0 bridgehead atoms. The van der Waals surface area contributed by atoms with E-state index in [1.54, 1.807) is 10.9 Å². The standard InChI is InChI=1S/C20H16N6O2/c27-26(28)18-19(24-11-5-7-14-6-1-3-9-16(14)24)21-12-22-20(18)25-13-23-15-8-2-4-10-17(15)25/h1-4,6,8-10,12-13H,5,7,11H2. The number of para-hydroxylation sites is 3. The summed E-state index contributed by atoms with van der Waals surface area (Å²) in [6.45, 7) is 0.666. The Morgan fingerprint density at radius 1 is 0.964 bits per heavy atom. The summed E-state index contributed by atoms with van der Waals surface area (Å²) in [5.74, 6) is 0.520. The van der Waals surface area contributed by atoms with Gasteiger partial charge in [0.05, 0.1) is 16.0 Å². The fourth-order valence-electron chi connectivity index (χ4n) is 3.78.